The summed E-state index contributed by atoms with van der Waals surface area (Å²) in [7, 11) is 0. The van der Waals surface area contributed by atoms with Crippen LogP contribution < -0.4 is 69.3 Å². The van der Waals surface area contributed by atoms with Gasteiger partial charge >= 0.3 is 59.1 Å². The summed E-state index contributed by atoms with van der Waals surface area (Å²) in [6, 6.07) is 0. The van der Waals surface area contributed by atoms with E-state index in [-0.39, 0.29) is 59.1 Å². The number of carbonyl (C=O) groups excluding carboxylic acids is 2. The van der Waals surface area contributed by atoms with Crippen molar-refractivity contribution < 1.29 is 78.9 Å². The molecule has 0 aromatic rings. The molecule has 0 amide bonds. The molecule has 17 heavy (non-hydrogen) atoms. The summed E-state index contributed by atoms with van der Waals surface area (Å²) in [5.74, 6) is -2.37. The summed E-state index contributed by atoms with van der Waals surface area (Å²) in [6.07, 6.45) is 0.625. The second-order valence-electron chi connectivity index (χ2n) is 5.36. The van der Waals surface area contributed by atoms with Crippen LogP contribution in [0.3, 0.4) is 0 Å². The molecule has 4 nitrogen and oxygen atoms in total. The van der Waals surface area contributed by atoms with Gasteiger partial charge in [0.25, 0.3) is 0 Å². The van der Waals surface area contributed by atoms with Crippen molar-refractivity contribution in [1.29, 1.82) is 0 Å². The molecule has 0 spiro atoms. The Bertz CT molecular complexity index is 299. The van der Waals surface area contributed by atoms with Gasteiger partial charge in [-0.1, -0.05) is 27.7 Å². The first kappa shape index (κ1) is 20.3. The Morgan fingerprint density at radius 3 is 1.18 bits per heavy atom. The van der Waals surface area contributed by atoms with Gasteiger partial charge in [-0.2, -0.15) is 0 Å². The minimum Gasteiger partial charge on any atom is -0.550 e. The van der Waals surface area contributed by atoms with E-state index in [1.165, 1.54) is 0 Å². The predicted molar refractivity (Wildman–Crippen MR) is 49.2 cm³/mol. The number of hydrogen-bond acceptors (Lipinski definition) is 4. The molecule has 0 N–H and O–H groups in total. The van der Waals surface area contributed by atoms with Crippen molar-refractivity contribution in [3.8, 4) is 0 Å². The first-order valence-corrected chi connectivity index (χ1v) is 5.02. The van der Waals surface area contributed by atoms with E-state index in [0.29, 0.717) is 12.8 Å². The number of aliphatic carboxylic acids is 2. The van der Waals surface area contributed by atoms with E-state index in [9.17, 15) is 19.8 Å². The normalized spacial score (nSPS) is 34.4. The summed E-state index contributed by atoms with van der Waals surface area (Å²) in [4.78, 5) is 22.2. The Morgan fingerprint density at radius 2 is 1.06 bits per heavy atom. The Hall–Kier alpha value is 0.940. The fourth-order valence-corrected chi connectivity index (χ4v) is 2.45. The van der Waals surface area contributed by atoms with Crippen molar-refractivity contribution in [2.24, 2.45) is 16.2 Å². The molecule has 1 aliphatic rings. The van der Waals surface area contributed by atoms with Crippen LogP contribution in [-0.2, 0) is 9.59 Å². The number of carboxylic acids is 2. The van der Waals surface area contributed by atoms with Crippen LogP contribution in [0.4, 0.5) is 0 Å². The molecule has 1 aliphatic carbocycles. The Labute approximate surface area is 146 Å². The molecule has 0 radical (unpaired) electrons. The second kappa shape index (κ2) is 5.93. The van der Waals surface area contributed by atoms with Gasteiger partial charge in [0.15, 0.2) is 0 Å². The molecular formula is C11H16Na2O4. The van der Waals surface area contributed by atoms with E-state index in [2.05, 4.69) is 0 Å². The van der Waals surface area contributed by atoms with Crippen molar-refractivity contribution in [3.05, 3.63) is 0 Å². The predicted octanol–water partition coefficient (Wildman–Crippen LogP) is -6.67. The number of carboxylic acid groups (broad SMARTS) is 2. The molecular weight excluding hydrogens is 242 g/mol. The minimum absolute atomic E-state index is 0. The molecule has 2 atom stereocenters. The van der Waals surface area contributed by atoms with Gasteiger partial charge in [-0.15, -0.1) is 0 Å². The maximum absolute atomic E-state index is 11.1. The third-order valence-electron chi connectivity index (χ3n) is 4.78. The quantitative estimate of drug-likeness (QED) is 0.461. The molecule has 0 heterocycles. The molecule has 0 saturated heterocycles. The fourth-order valence-electron chi connectivity index (χ4n) is 2.45. The average molecular weight is 258 g/mol. The van der Waals surface area contributed by atoms with Gasteiger partial charge in [-0.05, 0) is 18.3 Å². The van der Waals surface area contributed by atoms with Crippen LogP contribution in [0.1, 0.15) is 40.5 Å². The van der Waals surface area contributed by atoms with E-state index in [0.717, 1.165) is 0 Å². The van der Waals surface area contributed by atoms with E-state index in [1.54, 1.807) is 27.7 Å². The standard InChI is InChI=1S/C11H18O4.2Na/c1-9(2)10(3,7(12)13)5-6-11(9,4)8(14)15;;/h5-6H2,1-4H3,(H,12,13)(H,14,15);;/q;2*+1/p-2/t10-,11+;;. The van der Waals surface area contributed by atoms with Gasteiger partial charge in [0.2, 0.25) is 0 Å². The Morgan fingerprint density at radius 1 is 0.824 bits per heavy atom. The van der Waals surface area contributed by atoms with Gasteiger partial charge < -0.3 is 19.8 Å². The van der Waals surface area contributed by atoms with Crippen LogP contribution in [0, 0.1) is 16.2 Å². The fraction of sp³-hybridized carbons (Fsp3) is 0.818. The zero-order valence-corrected chi connectivity index (χ0v) is 15.5. The molecule has 1 rings (SSSR count). The van der Waals surface area contributed by atoms with E-state index < -0.39 is 28.2 Å². The number of hydrogen-bond donors (Lipinski definition) is 0. The van der Waals surface area contributed by atoms with E-state index in [1.807, 2.05) is 0 Å². The smallest absolute Gasteiger partial charge is 0.550 e. The maximum Gasteiger partial charge on any atom is 1.00 e. The molecule has 1 saturated carbocycles. The zero-order valence-electron chi connectivity index (χ0n) is 11.5. The molecule has 86 valence electrons. The van der Waals surface area contributed by atoms with Gasteiger partial charge in [0.05, 0.1) is 0 Å². The van der Waals surface area contributed by atoms with Gasteiger partial charge in [-0.3, -0.25) is 0 Å². The van der Waals surface area contributed by atoms with Gasteiger partial charge in [0.1, 0.15) is 0 Å². The van der Waals surface area contributed by atoms with Gasteiger partial charge in [-0.25, -0.2) is 0 Å². The first-order valence-electron chi connectivity index (χ1n) is 5.02. The van der Waals surface area contributed by atoms with Crippen molar-refractivity contribution in [1.82, 2.24) is 0 Å². The summed E-state index contributed by atoms with van der Waals surface area (Å²) in [6.45, 7) is 6.42. The third-order valence-corrected chi connectivity index (χ3v) is 4.78. The molecule has 0 aromatic heterocycles. The molecule has 0 unspecified atom stereocenters. The molecule has 6 heteroatoms. The first-order chi connectivity index (χ1) is 6.59. The van der Waals surface area contributed by atoms with Crippen LogP contribution in [0.2, 0.25) is 0 Å². The summed E-state index contributed by atoms with van der Waals surface area (Å²) in [5.41, 5.74) is -3.10. The minimum atomic E-state index is -1.18. The van der Waals surface area contributed by atoms with Crippen molar-refractivity contribution in [2.45, 2.75) is 40.5 Å². The Kier molecular flexibility index (Phi) is 7.07. The summed E-state index contributed by atoms with van der Waals surface area (Å²) >= 11 is 0. The van der Waals surface area contributed by atoms with Gasteiger partial charge in [0, 0.05) is 22.8 Å². The zero-order chi connectivity index (χ0) is 12.1. The van der Waals surface area contributed by atoms with Crippen LogP contribution in [0.15, 0.2) is 0 Å². The van der Waals surface area contributed by atoms with Crippen LogP contribution in [0.25, 0.3) is 0 Å². The summed E-state index contributed by atoms with van der Waals surface area (Å²) in [5, 5.41) is 22.2. The van der Waals surface area contributed by atoms with E-state index >= 15 is 0 Å². The molecule has 0 aliphatic heterocycles. The van der Waals surface area contributed by atoms with Crippen molar-refractivity contribution >= 4 is 11.9 Å². The Balaban J connectivity index is 0. The second-order valence-corrected chi connectivity index (χ2v) is 5.36. The van der Waals surface area contributed by atoms with Crippen LogP contribution in [0.5, 0.6) is 0 Å². The molecule has 1 fully saturated rings. The topological polar surface area (TPSA) is 80.3 Å². The number of carbonyl (C=O) groups is 2. The van der Waals surface area contributed by atoms with Crippen molar-refractivity contribution in [2.75, 3.05) is 0 Å². The maximum atomic E-state index is 11.1. The van der Waals surface area contributed by atoms with E-state index in [4.69, 9.17) is 0 Å². The summed E-state index contributed by atoms with van der Waals surface area (Å²) < 4.78 is 0. The SMILES string of the molecule is CC1(C)[C@](C)(C(=O)[O-])CC[C@]1(C)C(=O)[O-].[Na+].[Na+]. The molecule has 0 bridgehead atoms. The number of rotatable bonds is 2. The average Bonchev–Trinajstić information content (AvgIpc) is 2.28. The molecule has 0 aromatic carbocycles. The van der Waals surface area contributed by atoms with Crippen LogP contribution in [-0.4, -0.2) is 11.9 Å². The third kappa shape index (κ3) is 2.63. The largest absolute Gasteiger partial charge is 1.00 e. The van der Waals surface area contributed by atoms with Crippen molar-refractivity contribution in [3.63, 3.8) is 0 Å². The van der Waals surface area contributed by atoms with Crippen LogP contribution >= 0.6 is 0 Å². The monoisotopic (exact) mass is 258 g/mol.